The maximum absolute atomic E-state index is 13.7. The van der Waals surface area contributed by atoms with E-state index in [0.29, 0.717) is 17.9 Å². The average Bonchev–Trinajstić information content (AvgIpc) is 3.56. The van der Waals surface area contributed by atoms with Crippen LogP contribution in [0.2, 0.25) is 0 Å². The van der Waals surface area contributed by atoms with Gasteiger partial charge < -0.3 is 9.30 Å². The zero-order valence-corrected chi connectivity index (χ0v) is 20.5. The largest absolute Gasteiger partial charge is 0.457 e. The van der Waals surface area contributed by atoms with E-state index in [0.717, 1.165) is 39.6 Å². The molecule has 7 heteroatoms. The number of fused-ring (bicyclic) bond motifs is 1. The fraction of sp³-hybridized carbons (Fsp3) is 0.179. The first-order chi connectivity index (χ1) is 17.1. The number of carbonyl (C=O) groups is 1. The lowest BCUT2D eigenvalue weighted by atomic mass is 10.1. The molecule has 5 aromatic rings. The van der Waals surface area contributed by atoms with Crippen LogP contribution in [-0.2, 0) is 6.54 Å². The number of aryl methyl sites for hydroxylation is 3. The maximum atomic E-state index is 13.7. The second-order valence-corrected chi connectivity index (χ2v) is 9.40. The Morgan fingerprint density at radius 1 is 0.971 bits per heavy atom. The Labute approximate surface area is 208 Å². The van der Waals surface area contributed by atoms with Gasteiger partial charge in [-0.15, -0.1) is 0 Å². The Morgan fingerprint density at radius 3 is 2.43 bits per heavy atom. The molecule has 2 aromatic heterocycles. The van der Waals surface area contributed by atoms with Crippen molar-refractivity contribution >= 4 is 32.6 Å². The number of amides is 1. The lowest BCUT2D eigenvalue weighted by Gasteiger charge is -2.20. The third-order valence-electron chi connectivity index (χ3n) is 5.84. The standard InChI is InChI=1S/C28H26N4O2S/c1-20-9-10-21(2)26-25(20)30-28(35-26)32(17-6-16-31-18-15-29-19-31)27(33)22-11-13-24(14-12-22)34-23-7-4-3-5-8-23/h3-5,7-15,18-19H,6,16-17H2,1-2H3. The topological polar surface area (TPSA) is 60.2 Å². The summed E-state index contributed by atoms with van der Waals surface area (Å²) in [7, 11) is 0. The summed E-state index contributed by atoms with van der Waals surface area (Å²) >= 11 is 1.57. The van der Waals surface area contributed by atoms with Gasteiger partial charge in [-0.1, -0.05) is 41.7 Å². The first-order valence-electron chi connectivity index (χ1n) is 11.6. The molecule has 3 aromatic carbocycles. The van der Waals surface area contributed by atoms with Crippen LogP contribution in [-0.4, -0.2) is 27.0 Å². The minimum atomic E-state index is -0.0729. The van der Waals surface area contributed by atoms with Crippen LogP contribution in [0.4, 0.5) is 5.13 Å². The Hall–Kier alpha value is -3.97. The summed E-state index contributed by atoms with van der Waals surface area (Å²) in [6.07, 6.45) is 6.27. The number of ether oxygens (including phenoxy) is 1. The van der Waals surface area contributed by atoms with Gasteiger partial charge in [-0.25, -0.2) is 9.97 Å². The van der Waals surface area contributed by atoms with Crippen molar-refractivity contribution in [2.45, 2.75) is 26.8 Å². The number of anilines is 1. The molecule has 2 heterocycles. The third kappa shape index (κ3) is 5.10. The summed E-state index contributed by atoms with van der Waals surface area (Å²) in [6, 6.07) is 21.1. The molecule has 0 spiro atoms. The monoisotopic (exact) mass is 482 g/mol. The molecule has 0 N–H and O–H groups in total. The normalized spacial score (nSPS) is 11.0. The van der Waals surface area contributed by atoms with Crippen molar-refractivity contribution in [3.63, 3.8) is 0 Å². The van der Waals surface area contributed by atoms with Crippen LogP contribution >= 0.6 is 11.3 Å². The fourth-order valence-corrected chi connectivity index (χ4v) is 5.06. The van der Waals surface area contributed by atoms with Gasteiger partial charge >= 0.3 is 0 Å². The molecule has 0 saturated carbocycles. The van der Waals surface area contributed by atoms with Crippen molar-refractivity contribution in [2.75, 3.05) is 11.4 Å². The molecular weight excluding hydrogens is 456 g/mol. The van der Waals surface area contributed by atoms with Gasteiger partial charge in [-0.2, -0.15) is 0 Å². The van der Waals surface area contributed by atoms with Gasteiger partial charge in [-0.05, 0) is 67.8 Å². The van der Waals surface area contributed by atoms with Crippen LogP contribution in [0.1, 0.15) is 27.9 Å². The number of hydrogen-bond donors (Lipinski definition) is 0. The molecule has 0 aliphatic rings. The van der Waals surface area contributed by atoms with Crippen LogP contribution in [0.3, 0.4) is 0 Å². The summed E-state index contributed by atoms with van der Waals surface area (Å²) in [6.45, 7) is 5.47. The Kier molecular flexibility index (Phi) is 6.59. The number of nitrogens with zero attached hydrogens (tertiary/aromatic N) is 4. The summed E-state index contributed by atoms with van der Waals surface area (Å²) in [5, 5.41) is 0.720. The van der Waals surface area contributed by atoms with E-state index < -0.39 is 0 Å². The van der Waals surface area contributed by atoms with Gasteiger partial charge in [0.15, 0.2) is 5.13 Å². The van der Waals surface area contributed by atoms with E-state index in [1.165, 1.54) is 5.56 Å². The van der Waals surface area contributed by atoms with E-state index in [-0.39, 0.29) is 5.91 Å². The van der Waals surface area contributed by atoms with Crippen molar-refractivity contribution in [3.05, 3.63) is 102 Å². The molecule has 176 valence electrons. The van der Waals surface area contributed by atoms with Gasteiger partial charge in [0.1, 0.15) is 11.5 Å². The Morgan fingerprint density at radius 2 is 1.71 bits per heavy atom. The zero-order valence-electron chi connectivity index (χ0n) is 19.7. The minimum Gasteiger partial charge on any atom is -0.457 e. The first-order valence-corrected chi connectivity index (χ1v) is 12.4. The smallest absolute Gasteiger partial charge is 0.260 e. The first kappa shape index (κ1) is 22.8. The number of para-hydroxylation sites is 1. The average molecular weight is 483 g/mol. The van der Waals surface area contributed by atoms with Crippen molar-refractivity contribution in [1.29, 1.82) is 0 Å². The molecular formula is C28H26N4O2S. The molecule has 5 rings (SSSR count). The summed E-state index contributed by atoms with van der Waals surface area (Å²) in [5.74, 6) is 1.37. The number of aromatic nitrogens is 3. The van der Waals surface area contributed by atoms with Crippen LogP contribution in [0.25, 0.3) is 10.2 Å². The van der Waals surface area contributed by atoms with Gasteiger partial charge in [-0.3, -0.25) is 9.69 Å². The van der Waals surface area contributed by atoms with Crippen molar-refractivity contribution in [2.24, 2.45) is 0 Å². The number of imidazole rings is 1. The predicted octanol–water partition coefficient (Wildman–Crippen LogP) is 6.64. The quantitative estimate of drug-likeness (QED) is 0.249. The molecule has 0 radical (unpaired) electrons. The van der Waals surface area contributed by atoms with Crippen molar-refractivity contribution < 1.29 is 9.53 Å². The Balaban J connectivity index is 1.41. The number of thiazole rings is 1. The number of hydrogen-bond acceptors (Lipinski definition) is 5. The molecule has 0 aliphatic heterocycles. The molecule has 35 heavy (non-hydrogen) atoms. The van der Waals surface area contributed by atoms with E-state index in [1.54, 1.807) is 28.8 Å². The van der Waals surface area contributed by atoms with E-state index >= 15 is 0 Å². The van der Waals surface area contributed by atoms with Gasteiger partial charge in [0.2, 0.25) is 0 Å². The molecule has 0 fully saturated rings. The summed E-state index contributed by atoms with van der Waals surface area (Å²) in [4.78, 5) is 24.5. The predicted molar refractivity (Wildman–Crippen MR) is 141 cm³/mol. The maximum Gasteiger partial charge on any atom is 0.260 e. The minimum absolute atomic E-state index is 0.0729. The highest BCUT2D eigenvalue weighted by molar-refractivity contribution is 7.22. The van der Waals surface area contributed by atoms with Crippen LogP contribution in [0.5, 0.6) is 11.5 Å². The molecule has 0 saturated heterocycles. The highest BCUT2D eigenvalue weighted by atomic mass is 32.1. The summed E-state index contributed by atoms with van der Waals surface area (Å²) < 4.78 is 9.03. The lowest BCUT2D eigenvalue weighted by Crippen LogP contribution is -2.32. The molecule has 0 unspecified atom stereocenters. The van der Waals surface area contributed by atoms with E-state index in [4.69, 9.17) is 9.72 Å². The Bertz CT molecular complexity index is 1390. The van der Waals surface area contributed by atoms with Crippen LogP contribution in [0, 0.1) is 13.8 Å². The van der Waals surface area contributed by atoms with Gasteiger partial charge in [0.25, 0.3) is 5.91 Å². The van der Waals surface area contributed by atoms with Crippen molar-refractivity contribution in [3.8, 4) is 11.5 Å². The van der Waals surface area contributed by atoms with Gasteiger partial charge in [0, 0.05) is 31.0 Å². The molecule has 0 aliphatic carbocycles. The second kappa shape index (κ2) is 10.1. The van der Waals surface area contributed by atoms with E-state index in [1.807, 2.05) is 65.4 Å². The van der Waals surface area contributed by atoms with E-state index in [2.05, 4.69) is 31.0 Å². The number of carbonyl (C=O) groups excluding carboxylic acids is 1. The second-order valence-electron chi connectivity index (χ2n) is 8.42. The highest BCUT2D eigenvalue weighted by Crippen LogP contribution is 2.34. The van der Waals surface area contributed by atoms with Crippen LogP contribution < -0.4 is 9.64 Å². The van der Waals surface area contributed by atoms with Crippen molar-refractivity contribution in [1.82, 2.24) is 14.5 Å². The molecule has 0 atom stereocenters. The SMILES string of the molecule is Cc1ccc(C)c2sc(N(CCCn3ccnc3)C(=O)c3ccc(Oc4ccccc4)cc3)nc12. The molecule has 1 amide bonds. The fourth-order valence-electron chi connectivity index (χ4n) is 3.92. The van der Waals surface area contributed by atoms with E-state index in [9.17, 15) is 4.79 Å². The number of benzene rings is 3. The van der Waals surface area contributed by atoms with Crippen LogP contribution in [0.15, 0.2) is 85.5 Å². The van der Waals surface area contributed by atoms with Gasteiger partial charge in [0.05, 0.1) is 16.5 Å². The highest BCUT2D eigenvalue weighted by Gasteiger charge is 2.22. The molecule has 0 bridgehead atoms. The molecule has 6 nitrogen and oxygen atoms in total. The summed E-state index contributed by atoms with van der Waals surface area (Å²) in [5.41, 5.74) is 3.84. The lowest BCUT2D eigenvalue weighted by molar-refractivity contribution is 0.0986. The third-order valence-corrected chi connectivity index (χ3v) is 7.06. The number of rotatable bonds is 8. The zero-order chi connectivity index (χ0) is 24.2.